The van der Waals surface area contributed by atoms with Gasteiger partial charge in [0, 0.05) is 17.5 Å². The number of hydrogen-bond acceptors (Lipinski definition) is 8. The fourth-order valence-electron chi connectivity index (χ4n) is 4.92. The Labute approximate surface area is 284 Å². The second kappa shape index (κ2) is 16.4. The van der Waals surface area contributed by atoms with Crippen LogP contribution in [0.1, 0.15) is 91.5 Å². The molecule has 2 aromatic carbocycles. The van der Waals surface area contributed by atoms with E-state index in [9.17, 15) is 24.3 Å². The van der Waals surface area contributed by atoms with Crippen molar-refractivity contribution in [3.05, 3.63) is 65.2 Å². The molecule has 3 N–H and O–H groups in total. The molecule has 2 aromatic rings. The minimum Gasteiger partial charge on any atom is -0.507 e. The predicted molar refractivity (Wildman–Crippen MR) is 186 cm³/mol. The van der Waals surface area contributed by atoms with Crippen LogP contribution >= 0.6 is 11.8 Å². The first-order chi connectivity index (χ1) is 21.6. The molecule has 260 valence electrons. The first-order valence-corrected chi connectivity index (χ1v) is 17.2. The minimum atomic E-state index is -1.39. The van der Waals surface area contributed by atoms with Crippen molar-refractivity contribution in [2.24, 2.45) is 0 Å². The molecule has 0 aliphatic heterocycles. The Bertz CT molecular complexity index is 1380. The molecule has 0 aliphatic carbocycles. The molecule has 10 nitrogen and oxygen atoms in total. The number of thioether (sulfide) groups is 1. The smallest absolute Gasteiger partial charge is 0.408 e. The number of aryl methyl sites for hydroxylation is 1. The number of phenols is 1. The Balaban J connectivity index is 2.70. The maximum atomic E-state index is 14.6. The number of alkyl carbamates (subject to hydrolysis) is 1. The van der Waals surface area contributed by atoms with Crippen LogP contribution in [0.4, 0.5) is 4.79 Å². The van der Waals surface area contributed by atoms with Gasteiger partial charge < -0.3 is 30.1 Å². The van der Waals surface area contributed by atoms with Crippen LogP contribution < -0.4 is 10.6 Å². The van der Waals surface area contributed by atoms with E-state index in [1.54, 1.807) is 87.4 Å². The third kappa shape index (κ3) is 12.4. The first kappa shape index (κ1) is 39.4. The van der Waals surface area contributed by atoms with Crippen LogP contribution in [-0.2, 0) is 30.3 Å². The molecule has 2 rings (SSSR count). The van der Waals surface area contributed by atoms with Crippen LogP contribution in [0.25, 0.3) is 0 Å². The van der Waals surface area contributed by atoms with Crippen LogP contribution in [0.5, 0.6) is 5.75 Å². The first-order valence-electron chi connectivity index (χ1n) is 15.8. The molecule has 3 atom stereocenters. The maximum Gasteiger partial charge on any atom is 0.408 e. The molecule has 3 unspecified atom stereocenters. The Kier molecular flexibility index (Phi) is 13.8. The van der Waals surface area contributed by atoms with Gasteiger partial charge in [0.25, 0.3) is 0 Å². The molecule has 47 heavy (non-hydrogen) atoms. The van der Waals surface area contributed by atoms with Crippen LogP contribution in [0.2, 0.25) is 0 Å². The Morgan fingerprint density at radius 2 is 1.43 bits per heavy atom. The van der Waals surface area contributed by atoms with Crippen molar-refractivity contribution in [1.82, 2.24) is 15.5 Å². The van der Waals surface area contributed by atoms with Crippen molar-refractivity contribution in [3.63, 3.8) is 0 Å². The zero-order valence-corrected chi connectivity index (χ0v) is 30.5. The van der Waals surface area contributed by atoms with E-state index < -0.39 is 58.7 Å². The van der Waals surface area contributed by atoms with Crippen LogP contribution in [-0.4, -0.2) is 74.7 Å². The van der Waals surface area contributed by atoms with Crippen molar-refractivity contribution >= 4 is 35.6 Å². The predicted octanol–water partition coefficient (Wildman–Crippen LogP) is 6.08. The highest BCUT2D eigenvalue weighted by molar-refractivity contribution is 7.98. The number of carbonyl (C=O) groups is 4. The van der Waals surface area contributed by atoms with Gasteiger partial charge >= 0.3 is 12.1 Å². The minimum absolute atomic E-state index is 0.133. The lowest BCUT2D eigenvalue weighted by Gasteiger charge is -2.43. The fourth-order valence-corrected chi connectivity index (χ4v) is 5.39. The highest BCUT2D eigenvalue weighted by atomic mass is 32.2. The molecule has 0 aliphatic rings. The molecule has 0 spiro atoms. The van der Waals surface area contributed by atoms with Crippen LogP contribution in [0.3, 0.4) is 0 Å². The summed E-state index contributed by atoms with van der Waals surface area (Å²) in [5.41, 5.74) is -1.15. The highest BCUT2D eigenvalue weighted by Gasteiger charge is 2.44. The summed E-state index contributed by atoms with van der Waals surface area (Å²) in [6.07, 6.45) is 1.52. The molecule has 0 fully saturated rings. The zero-order chi connectivity index (χ0) is 35.7. The normalized spacial score (nSPS) is 13.9. The SMILES string of the molecule is CSCCC(NC(=O)OC(C)(C)C)C(=O)N(C(C(=O)NC(Cc1ccccc1)C(=O)OC(C)(C)C)c1cccc(C)c1O)C(C)(C)C. The van der Waals surface area contributed by atoms with E-state index in [1.165, 1.54) is 16.7 Å². The quantitative estimate of drug-likeness (QED) is 0.231. The van der Waals surface area contributed by atoms with Gasteiger partial charge in [-0.15, -0.1) is 0 Å². The number of amides is 3. The van der Waals surface area contributed by atoms with E-state index in [1.807, 2.05) is 36.6 Å². The van der Waals surface area contributed by atoms with Crippen LogP contribution in [0, 0.1) is 6.92 Å². The number of nitrogens with one attached hydrogen (secondary N) is 2. The molecular weight excluding hydrogens is 618 g/mol. The van der Waals surface area contributed by atoms with Gasteiger partial charge in [-0.1, -0.05) is 48.5 Å². The van der Waals surface area contributed by atoms with Gasteiger partial charge in [0.15, 0.2) is 0 Å². The summed E-state index contributed by atoms with van der Waals surface area (Å²) in [6, 6.07) is 10.6. The fraction of sp³-hybridized carbons (Fsp3) is 0.556. The van der Waals surface area contributed by atoms with Gasteiger partial charge in [0.2, 0.25) is 11.8 Å². The van der Waals surface area contributed by atoms with E-state index in [4.69, 9.17) is 9.47 Å². The second-order valence-corrected chi connectivity index (χ2v) is 15.5. The number of hydrogen-bond donors (Lipinski definition) is 3. The van der Waals surface area contributed by atoms with Gasteiger partial charge in [-0.2, -0.15) is 11.8 Å². The van der Waals surface area contributed by atoms with Gasteiger partial charge in [0.05, 0.1) is 0 Å². The number of phenolic OH excluding ortho intramolecular Hbond substituents is 1. The Morgan fingerprint density at radius 1 is 0.830 bits per heavy atom. The van der Waals surface area contributed by atoms with Crippen molar-refractivity contribution in [1.29, 1.82) is 0 Å². The average Bonchev–Trinajstić information content (AvgIpc) is 2.93. The number of carbonyl (C=O) groups excluding carboxylic acids is 4. The summed E-state index contributed by atoms with van der Waals surface area (Å²) in [7, 11) is 0. The number of ether oxygens (including phenoxy) is 2. The van der Waals surface area contributed by atoms with Gasteiger partial charge in [-0.05, 0) is 98.8 Å². The number of esters is 1. The highest BCUT2D eigenvalue weighted by Crippen LogP contribution is 2.36. The summed E-state index contributed by atoms with van der Waals surface area (Å²) in [4.78, 5) is 57.0. The van der Waals surface area contributed by atoms with E-state index in [0.29, 0.717) is 11.3 Å². The molecule has 0 aromatic heterocycles. The lowest BCUT2D eigenvalue weighted by atomic mass is 9.93. The number of nitrogens with zero attached hydrogens (tertiary/aromatic N) is 1. The number of rotatable bonds is 12. The summed E-state index contributed by atoms with van der Waals surface area (Å²) < 4.78 is 11.2. The third-order valence-electron chi connectivity index (χ3n) is 6.92. The Hall–Kier alpha value is -3.73. The lowest BCUT2D eigenvalue weighted by Crippen LogP contribution is -2.59. The van der Waals surface area contributed by atoms with Crippen molar-refractivity contribution in [2.45, 2.75) is 117 Å². The van der Waals surface area contributed by atoms with E-state index in [0.717, 1.165) is 5.56 Å². The molecule has 0 radical (unpaired) electrons. The van der Waals surface area contributed by atoms with Crippen LogP contribution in [0.15, 0.2) is 48.5 Å². The maximum absolute atomic E-state index is 14.6. The third-order valence-corrected chi connectivity index (χ3v) is 7.56. The monoisotopic (exact) mass is 671 g/mol. The summed E-state index contributed by atoms with van der Waals surface area (Å²) in [6.45, 7) is 17.4. The van der Waals surface area contributed by atoms with E-state index in [-0.39, 0.29) is 24.2 Å². The van der Waals surface area contributed by atoms with Crippen molar-refractivity contribution in [2.75, 3.05) is 12.0 Å². The molecule has 11 heteroatoms. The van der Waals surface area contributed by atoms with Gasteiger partial charge in [0.1, 0.15) is 35.1 Å². The number of aromatic hydroxyl groups is 1. The van der Waals surface area contributed by atoms with Gasteiger partial charge in [-0.25, -0.2) is 9.59 Å². The zero-order valence-electron chi connectivity index (χ0n) is 29.7. The molecule has 0 heterocycles. The molecule has 0 saturated carbocycles. The van der Waals surface area contributed by atoms with Crippen molar-refractivity contribution in [3.8, 4) is 5.75 Å². The van der Waals surface area contributed by atoms with E-state index in [2.05, 4.69) is 10.6 Å². The largest absolute Gasteiger partial charge is 0.507 e. The Morgan fingerprint density at radius 3 is 1.96 bits per heavy atom. The van der Waals surface area contributed by atoms with Crippen molar-refractivity contribution < 1.29 is 33.8 Å². The standard InChI is InChI=1S/C36H53N3O7S/c1-23-16-15-19-25(29(23)40)28(30(41)37-27(32(43)45-35(5,6)7)22-24-17-13-12-14-18-24)39(34(2,3)4)31(42)26(20-21-47-11)38-33(44)46-36(8,9)10/h12-19,26-28,40H,20-22H2,1-11H3,(H,37,41)(H,38,44). The summed E-state index contributed by atoms with van der Waals surface area (Å²) in [5, 5.41) is 16.9. The summed E-state index contributed by atoms with van der Waals surface area (Å²) >= 11 is 1.51. The van der Waals surface area contributed by atoms with E-state index >= 15 is 0 Å². The lowest BCUT2D eigenvalue weighted by molar-refractivity contribution is -0.159. The second-order valence-electron chi connectivity index (χ2n) is 14.6. The number of para-hydroxylation sites is 1. The average molecular weight is 672 g/mol. The molecule has 3 amide bonds. The number of benzene rings is 2. The molecular formula is C36H53N3O7S. The molecule has 0 bridgehead atoms. The summed E-state index contributed by atoms with van der Waals surface area (Å²) in [5.74, 6) is -1.50. The van der Waals surface area contributed by atoms with Gasteiger partial charge in [-0.3, -0.25) is 9.59 Å². The molecule has 0 saturated heterocycles. The topological polar surface area (TPSA) is 134 Å².